The number of hydrogen-bond donors (Lipinski definition) is 3. The van der Waals surface area contributed by atoms with Crippen LogP contribution in [0.1, 0.15) is 349 Å². The fraction of sp³-hybridized carbons (Fsp3) is 0.724. The molecule has 0 radical (unpaired) electrons. The van der Waals surface area contributed by atoms with Crippen LogP contribution in [-0.4, -0.2) is 96.7 Å². The van der Waals surface area contributed by atoms with Gasteiger partial charge in [-0.05, 0) is 154 Å². The van der Waals surface area contributed by atoms with Gasteiger partial charge in [0.15, 0.2) is 12.2 Å². The minimum atomic E-state index is -4.99. The zero-order valence-corrected chi connectivity index (χ0v) is 68.6. The first-order valence-corrected chi connectivity index (χ1v) is 44.8. The number of allylic oxidation sites excluding steroid dienone is 20. The van der Waals surface area contributed by atoms with Crippen molar-refractivity contribution >= 4 is 39.5 Å². The molecule has 0 amide bonds. The van der Waals surface area contributed by atoms with E-state index in [0.29, 0.717) is 25.7 Å². The predicted molar refractivity (Wildman–Crippen MR) is 436 cm³/mol. The molecule has 17 nitrogen and oxygen atoms in total. The van der Waals surface area contributed by atoms with Gasteiger partial charge in [-0.2, -0.15) is 0 Å². The third-order valence-electron chi connectivity index (χ3n) is 17.4. The van der Waals surface area contributed by atoms with Gasteiger partial charge in [0.2, 0.25) is 0 Å². The Bertz CT molecular complexity index is 2480. The summed E-state index contributed by atoms with van der Waals surface area (Å²) < 4.78 is 68.7. The van der Waals surface area contributed by atoms with E-state index >= 15 is 0 Å². The van der Waals surface area contributed by atoms with E-state index in [-0.39, 0.29) is 25.7 Å². The molecule has 3 N–H and O–H groups in total. The van der Waals surface area contributed by atoms with E-state index in [4.69, 9.17) is 37.0 Å². The molecule has 610 valence electrons. The number of phosphoric ester groups is 2. The molecular formula is C87H150O17P2. The number of aliphatic hydroxyl groups is 1. The molecule has 106 heavy (non-hydrogen) atoms. The summed E-state index contributed by atoms with van der Waals surface area (Å²) in [4.78, 5) is 73.2. The lowest BCUT2D eigenvalue weighted by Gasteiger charge is -2.21. The number of carbonyl (C=O) groups is 4. The van der Waals surface area contributed by atoms with E-state index < -0.39 is 97.5 Å². The Hall–Kier alpha value is -4.54. The van der Waals surface area contributed by atoms with Crippen LogP contribution >= 0.6 is 15.6 Å². The summed E-state index contributed by atoms with van der Waals surface area (Å²) >= 11 is 0. The Kier molecular flexibility index (Phi) is 75.2. The number of ether oxygens (including phenoxy) is 4. The van der Waals surface area contributed by atoms with Gasteiger partial charge in [-0.15, -0.1) is 0 Å². The molecule has 0 aromatic rings. The largest absolute Gasteiger partial charge is 0.472 e. The highest BCUT2D eigenvalue weighted by Crippen LogP contribution is 2.45. The number of aliphatic hydroxyl groups excluding tert-OH is 1. The summed E-state index contributed by atoms with van der Waals surface area (Å²) in [7, 11) is -9.98. The van der Waals surface area contributed by atoms with Crippen LogP contribution in [0, 0.1) is 0 Å². The number of esters is 4. The average Bonchev–Trinajstić information content (AvgIpc) is 0.907. The summed E-state index contributed by atoms with van der Waals surface area (Å²) in [5.74, 6) is -2.21. The van der Waals surface area contributed by atoms with Crippen molar-refractivity contribution in [3.05, 3.63) is 122 Å². The van der Waals surface area contributed by atoms with E-state index in [1.807, 2.05) is 0 Å². The average molecular weight is 1530 g/mol. The number of carbonyl (C=O) groups excluding carboxylic acids is 4. The van der Waals surface area contributed by atoms with Crippen molar-refractivity contribution in [2.45, 2.75) is 367 Å². The second kappa shape index (κ2) is 78.6. The lowest BCUT2D eigenvalue weighted by Crippen LogP contribution is -2.30. The molecule has 0 fully saturated rings. The molecule has 5 unspecified atom stereocenters. The molecule has 0 rings (SSSR count). The summed E-state index contributed by atoms with van der Waals surface area (Å²) in [5, 5.41) is 10.7. The van der Waals surface area contributed by atoms with Crippen molar-refractivity contribution < 1.29 is 80.2 Å². The van der Waals surface area contributed by atoms with E-state index in [9.17, 15) is 43.2 Å². The van der Waals surface area contributed by atoms with E-state index in [1.165, 1.54) is 57.8 Å². The molecule has 0 spiro atoms. The summed E-state index contributed by atoms with van der Waals surface area (Å²) in [6.45, 7) is 4.61. The number of unbranched alkanes of at least 4 members (excludes halogenated alkanes) is 32. The van der Waals surface area contributed by atoms with Gasteiger partial charge < -0.3 is 33.8 Å². The van der Waals surface area contributed by atoms with Gasteiger partial charge in [0, 0.05) is 25.7 Å². The van der Waals surface area contributed by atoms with Crippen LogP contribution in [0.15, 0.2) is 122 Å². The number of rotatable bonds is 78. The van der Waals surface area contributed by atoms with Gasteiger partial charge in [-0.1, -0.05) is 290 Å². The van der Waals surface area contributed by atoms with Gasteiger partial charge in [-0.3, -0.25) is 37.3 Å². The maximum atomic E-state index is 13.1. The van der Waals surface area contributed by atoms with Crippen molar-refractivity contribution in [3.63, 3.8) is 0 Å². The fourth-order valence-corrected chi connectivity index (χ4v) is 12.7. The Labute approximate surface area is 644 Å². The van der Waals surface area contributed by atoms with Crippen LogP contribution in [0.4, 0.5) is 0 Å². The van der Waals surface area contributed by atoms with Crippen LogP contribution in [-0.2, 0) is 65.4 Å². The molecule has 5 atom stereocenters. The monoisotopic (exact) mass is 1530 g/mol. The fourth-order valence-electron chi connectivity index (χ4n) is 11.1. The maximum Gasteiger partial charge on any atom is 0.472 e. The first-order valence-electron chi connectivity index (χ1n) is 41.8. The van der Waals surface area contributed by atoms with E-state index in [1.54, 1.807) is 0 Å². The topological polar surface area (TPSA) is 237 Å². The third kappa shape index (κ3) is 77.6. The van der Waals surface area contributed by atoms with E-state index in [2.05, 4.69) is 149 Å². The summed E-state index contributed by atoms with van der Waals surface area (Å²) in [6, 6.07) is 0. The minimum absolute atomic E-state index is 0.0786. The van der Waals surface area contributed by atoms with Crippen LogP contribution < -0.4 is 0 Å². The van der Waals surface area contributed by atoms with Crippen LogP contribution in [0.5, 0.6) is 0 Å². The smallest absolute Gasteiger partial charge is 0.462 e. The third-order valence-corrected chi connectivity index (χ3v) is 19.3. The van der Waals surface area contributed by atoms with Gasteiger partial charge in [-0.25, -0.2) is 9.13 Å². The summed E-state index contributed by atoms with van der Waals surface area (Å²) in [5.41, 5.74) is 0. The molecule has 0 aromatic heterocycles. The molecule has 0 aliphatic carbocycles. The maximum absolute atomic E-state index is 13.1. The van der Waals surface area contributed by atoms with E-state index in [0.717, 1.165) is 212 Å². The first kappa shape index (κ1) is 101. The van der Waals surface area contributed by atoms with Gasteiger partial charge >= 0.3 is 39.5 Å². The Morgan fingerprint density at radius 3 is 0.783 bits per heavy atom. The highest BCUT2D eigenvalue weighted by Gasteiger charge is 2.30. The molecular weight excluding hydrogens is 1380 g/mol. The zero-order valence-electron chi connectivity index (χ0n) is 66.8. The first-order chi connectivity index (χ1) is 51.7. The highest BCUT2D eigenvalue weighted by atomic mass is 31.2. The zero-order chi connectivity index (χ0) is 77.4. The van der Waals surface area contributed by atoms with Gasteiger partial charge in [0.1, 0.15) is 19.3 Å². The minimum Gasteiger partial charge on any atom is -0.462 e. The predicted octanol–water partition coefficient (Wildman–Crippen LogP) is 24.7. The molecule has 0 aromatic carbocycles. The van der Waals surface area contributed by atoms with Crippen molar-refractivity contribution in [1.29, 1.82) is 0 Å². The second-order valence-electron chi connectivity index (χ2n) is 27.6. The molecule has 0 aliphatic rings. The molecule has 0 heterocycles. The lowest BCUT2D eigenvalue weighted by atomic mass is 10.1. The quantitative estimate of drug-likeness (QED) is 0.0169. The lowest BCUT2D eigenvalue weighted by molar-refractivity contribution is -0.161. The van der Waals surface area contributed by atoms with Crippen LogP contribution in [0.25, 0.3) is 0 Å². The highest BCUT2D eigenvalue weighted by molar-refractivity contribution is 7.47. The molecule has 0 saturated carbocycles. The van der Waals surface area contributed by atoms with Gasteiger partial charge in [0.05, 0.1) is 26.4 Å². The Morgan fingerprint density at radius 2 is 0.491 bits per heavy atom. The number of hydrogen-bond acceptors (Lipinski definition) is 15. The number of phosphoric acid groups is 2. The molecule has 0 saturated heterocycles. The second-order valence-corrected chi connectivity index (χ2v) is 30.6. The normalized spacial score (nSPS) is 14.4. The van der Waals surface area contributed by atoms with Crippen LogP contribution in [0.2, 0.25) is 0 Å². The standard InChI is InChI=1S/C87H150O17P2/c1-5-9-13-17-21-25-29-33-37-39-40-42-45-48-52-56-60-64-68-72-85(90)98-78-83(104-87(92)74-70-66-62-58-54-50-46-41-38-34-30-26-22-18-14-10-6-2)80-102-106(95,96)100-76-81(88)75-99-105(93,94)101-79-82(103-86(91)73-69-65-61-57-53-49-44-36-32-28-24-20-16-12-8-4)77-97-84(89)71-67-63-59-55-51-47-43-35-31-27-23-19-15-11-7-3/h10-11,14-15,21-23,25-27,33-38,40,42-44,81-83,88H,5-9,12-13,16-20,24,28-32,39,41,45-80H2,1-4H3,(H,93,94)(H,95,96)/b14-10-,15-11-,25-21-,26-22-,27-23-,37-33-,38-34-,42-40-,43-35-,44-36-. The Balaban J connectivity index is 5.40. The van der Waals surface area contributed by atoms with Gasteiger partial charge in [0.25, 0.3) is 0 Å². The van der Waals surface area contributed by atoms with Crippen molar-refractivity contribution in [1.82, 2.24) is 0 Å². The van der Waals surface area contributed by atoms with Crippen molar-refractivity contribution in [3.8, 4) is 0 Å². The van der Waals surface area contributed by atoms with Crippen molar-refractivity contribution in [2.75, 3.05) is 39.6 Å². The Morgan fingerprint density at radius 1 is 0.274 bits per heavy atom. The molecule has 19 heteroatoms. The van der Waals surface area contributed by atoms with Crippen molar-refractivity contribution in [2.24, 2.45) is 0 Å². The van der Waals surface area contributed by atoms with Crippen LogP contribution in [0.3, 0.4) is 0 Å². The SMILES string of the molecule is CC/C=C\C/C=C\C/C=C\CCCCCCCCCC(=O)OC(COC(=O)CCCCCCCC/C=C\C/C=C\C/C=C\CCCCC)COP(=O)(O)OCC(O)COP(=O)(O)OCC(COC(=O)CCCCCCC/C=C\C/C=C\C/C=C\CC)OC(=O)CCCCCCC/C=C\CCCCCCCC. The molecule has 0 aliphatic heterocycles. The molecule has 0 bridgehead atoms. The summed E-state index contributed by atoms with van der Waals surface area (Å²) in [6.07, 6.45) is 87.3.